The highest BCUT2D eigenvalue weighted by molar-refractivity contribution is 5.58. The number of rotatable bonds is 3. The van der Waals surface area contributed by atoms with Crippen molar-refractivity contribution in [3.8, 4) is 0 Å². The van der Waals surface area contributed by atoms with Gasteiger partial charge in [-0.3, -0.25) is 0 Å². The van der Waals surface area contributed by atoms with Gasteiger partial charge in [0.1, 0.15) is 0 Å². The van der Waals surface area contributed by atoms with Crippen LogP contribution in [0, 0.1) is 6.92 Å². The number of hydrogen-bond donors (Lipinski definition) is 1. The van der Waals surface area contributed by atoms with Crippen LogP contribution < -0.4 is 5.32 Å². The highest BCUT2D eigenvalue weighted by Crippen LogP contribution is 2.27. The molecule has 0 radical (unpaired) electrons. The highest BCUT2D eigenvalue weighted by Gasteiger charge is 2.19. The van der Waals surface area contributed by atoms with Crippen LogP contribution in [0.3, 0.4) is 0 Å². The SMILES string of the molecule is CCc1cccc(C)c1NC1CCc2ccccc2C1. The second-order valence-electron chi connectivity index (χ2n) is 5.82. The van der Waals surface area contributed by atoms with Crippen molar-refractivity contribution in [3.05, 3.63) is 64.7 Å². The van der Waals surface area contributed by atoms with E-state index < -0.39 is 0 Å². The molecular weight excluding hydrogens is 242 g/mol. The van der Waals surface area contributed by atoms with Gasteiger partial charge in [0.2, 0.25) is 0 Å². The fourth-order valence-electron chi connectivity index (χ4n) is 3.25. The van der Waals surface area contributed by atoms with Crippen molar-refractivity contribution < 1.29 is 0 Å². The Hall–Kier alpha value is -1.76. The molecule has 3 rings (SSSR count). The Balaban J connectivity index is 1.80. The standard InChI is InChI=1S/C19H23N/c1-3-15-10-6-7-14(2)19(15)20-18-12-11-16-8-4-5-9-17(16)13-18/h4-10,18,20H,3,11-13H2,1-2H3. The summed E-state index contributed by atoms with van der Waals surface area (Å²) < 4.78 is 0. The maximum absolute atomic E-state index is 3.81. The fourth-order valence-corrected chi connectivity index (χ4v) is 3.25. The Morgan fingerprint density at radius 3 is 2.65 bits per heavy atom. The van der Waals surface area contributed by atoms with Gasteiger partial charge in [-0.05, 0) is 54.9 Å². The fraction of sp³-hybridized carbons (Fsp3) is 0.368. The van der Waals surface area contributed by atoms with Crippen molar-refractivity contribution in [2.45, 2.75) is 45.6 Å². The van der Waals surface area contributed by atoms with Crippen LogP contribution >= 0.6 is 0 Å². The number of para-hydroxylation sites is 1. The normalized spacial score (nSPS) is 17.6. The van der Waals surface area contributed by atoms with Crippen molar-refractivity contribution >= 4 is 5.69 Å². The van der Waals surface area contributed by atoms with Crippen LogP contribution in [0.1, 0.15) is 35.6 Å². The van der Waals surface area contributed by atoms with E-state index in [4.69, 9.17) is 0 Å². The summed E-state index contributed by atoms with van der Waals surface area (Å²) in [6, 6.07) is 16.0. The molecule has 0 aliphatic heterocycles. The zero-order valence-electron chi connectivity index (χ0n) is 12.4. The van der Waals surface area contributed by atoms with Gasteiger partial charge in [-0.1, -0.05) is 49.4 Å². The predicted molar refractivity (Wildman–Crippen MR) is 86.4 cm³/mol. The maximum atomic E-state index is 3.81. The third kappa shape index (κ3) is 2.58. The Bertz CT molecular complexity index is 600. The van der Waals surface area contributed by atoms with Crippen molar-refractivity contribution in [2.24, 2.45) is 0 Å². The summed E-state index contributed by atoms with van der Waals surface area (Å²) in [6.07, 6.45) is 4.66. The van der Waals surface area contributed by atoms with Crippen LogP contribution in [-0.4, -0.2) is 6.04 Å². The molecule has 2 aromatic rings. The molecule has 1 N–H and O–H groups in total. The van der Waals surface area contributed by atoms with Crippen LogP contribution in [0.4, 0.5) is 5.69 Å². The molecule has 2 aromatic carbocycles. The second-order valence-corrected chi connectivity index (χ2v) is 5.82. The van der Waals surface area contributed by atoms with E-state index in [-0.39, 0.29) is 0 Å². The molecule has 0 saturated heterocycles. The molecule has 0 fully saturated rings. The monoisotopic (exact) mass is 265 g/mol. The average Bonchev–Trinajstić information content (AvgIpc) is 2.49. The molecule has 0 bridgehead atoms. The molecule has 1 nitrogen and oxygen atoms in total. The van der Waals surface area contributed by atoms with Crippen LogP contribution in [0.25, 0.3) is 0 Å². The van der Waals surface area contributed by atoms with Gasteiger partial charge in [-0.25, -0.2) is 0 Å². The molecule has 1 unspecified atom stereocenters. The molecule has 0 spiro atoms. The molecule has 20 heavy (non-hydrogen) atoms. The first-order valence-corrected chi connectivity index (χ1v) is 7.69. The average molecular weight is 265 g/mol. The number of aryl methyl sites for hydroxylation is 3. The molecule has 1 atom stereocenters. The van der Waals surface area contributed by atoms with Gasteiger partial charge >= 0.3 is 0 Å². The molecule has 1 aliphatic carbocycles. The van der Waals surface area contributed by atoms with Crippen molar-refractivity contribution in [3.63, 3.8) is 0 Å². The number of fused-ring (bicyclic) bond motifs is 1. The molecule has 0 saturated carbocycles. The van der Waals surface area contributed by atoms with Gasteiger partial charge in [0.25, 0.3) is 0 Å². The van der Waals surface area contributed by atoms with E-state index >= 15 is 0 Å². The van der Waals surface area contributed by atoms with Crippen LogP contribution in [0.5, 0.6) is 0 Å². The molecule has 0 amide bonds. The molecular formula is C19H23N. The van der Waals surface area contributed by atoms with E-state index in [1.807, 2.05) is 0 Å². The summed E-state index contributed by atoms with van der Waals surface area (Å²) in [5.41, 5.74) is 7.21. The lowest BCUT2D eigenvalue weighted by molar-refractivity contribution is 0.610. The van der Waals surface area contributed by atoms with Crippen molar-refractivity contribution in [1.82, 2.24) is 0 Å². The third-order valence-electron chi connectivity index (χ3n) is 4.44. The lowest BCUT2D eigenvalue weighted by Crippen LogP contribution is -2.28. The Labute approximate surface area is 122 Å². The first-order chi connectivity index (χ1) is 9.78. The van der Waals surface area contributed by atoms with Gasteiger partial charge in [0.05, 0.1) is 0 Å². The van der Waals surface area contributed by atoms with Gasteiger partial charge < -0.3 is 5.32 Å². The molecule has 0 aromatic heterocycles. The van der Waals surface area contributed by atoms with E-state index in [2.05, 4.69) is 61.6 Å². The summed E-state index contributed by atoms with van der Waals surface area (Å²) in [6.45, 7) is 4.44. The number of hydrogen-bond acceptors (Lipinski definition) is 1. The molecule has 1 aliphatic rings. The molecule has 1 heteroatoms. The summed E-state index contributed by atoms with van der Waals surface area (Å²) in [5.74, 6) is 0. The smallest absolute Gasteiger partial charge is 0.0404 e. The number of benzene rings is 2. The summed E-state index contributed by atoms with van der Waals surface area (Å²) in [5, 5.41) is 3.81. The van der Waals surface area contributed by atoms with E-state index in [1.165, 1.54) is 40.8 Å². The van der Waals surface area contributed by atoms with Gasteiger partial charge in [0, 0.05) is 11.7 Å². The zero-order valence-corrected chi connectivity index (χ0v) is 12.4. The largest absolute Gasteiger partial charge is 0.382 e. The first-order valence-electron chi connectivity index (χ1n) is 7.69. The third-order valence-corrected chi connectivity index (χ3v) is 4.44. The van der Waals surface area contributed by atoms with E-state index in [0.29, 0.717) is 6.04 Å². The quantitative estimate of drug-likeness (QED) is 0.860. The van der Waals surface area contributed by atoms with Crippen molar-refractivity contribution in [2.75, 3.05) is 5.32 Å². The maximum Gasteiger partial charge on any atom is 0.0404 e. The zero-order chi connectivity index (χ0) is 13.9. The van der Waals surface area contributed by atoms with Crippen LogP contribution in [-0.2, 0) is 19.3 Å². The Morgan fingerprint density at radius 2 is 1.85 bits per heavy atom. The predicted octanol–water partition coefficient (Wildman–Crippen LogP) is 4.53. The van der Waals surface area contributed by atoms with Crippen molar-refractivity contribution in [1.29, 1.82) is 0 Å². The first kappa shape index (κ1) is 13.2. The minimum absolute atomic E-state index is 0.566. The highest BCUT2D eigenvalue weighted by atomic mass is 14.9. The van der Waals surface area contributed by atoms with Gasteiger partial charge in [-0.15, -0.1) is 0 Å². The lowest BCUT2D eigenvalue weighted by atomic mass is 9.88. The van der Waals surface area contributed by atoms with Gasteiger partial charge in [0.15, 0.2) is 0 Å². The molecule has 0 heterocycles. The lowest BCUT2D eigenvalue weighted by Gasteiger charge is -2.28. The van der Waals surface area contributed by atoms with E-state index in [0.717, 1.165) is 12.8 Å². The number of anilines is 1. The summed E-state index contributed by atoms with van der Waals surface area (Å²) in [7, 11) is 0. The summed E-state index contributed by atoms with van der Waals surface area (Å²) >= 11 is 0. The van der Waals surface area contributed by atoms with Gasteiger partial charge in [-0.2, -0.15) is 0 Å². The topological polar surface area (TPSA) is 12.0 Å². The van der Waals surface area contributed by atoms with Crippen LogP contribution in [0.2, 0.25) is 0 Å². The number of nitrogens with one attached hydrogen (secondary N) is 1. The second kappa shape index (κ2) is 5.70. The Morgan fingerprint density at radius 1 is 1.05 bits per heavy atom. The van der Waals surface area contributed by atoms with E-state index in [9.17, 15) is 0 Å². The minimum Gasteiger partial charge on any atom is -0.382 e. The Kier molecular flexibility index (Phi) is 3.77. The summed E-state index contributed by atoms with van der Waals surface area (Å²) in [4.78, 5) is 0. The van der Waals surface area contributed by atoms with E-state index in [1.54, 1.807) is 0 Å². The van der Waals surface area contributed by atoms with Crippen LogP contribution in [0.15, 0.2) is 42.5 Å². The molecule has 104 valence electrons. The minimum atomic E-state index is 0.566.